The molecular weight excluding hydrogens is 479 g/mol. The van der Waals surface area contributed by atoms with Gasteiger partial charge in [-0.3, -0.25) is 4.79 Å². The zero-order chi connectivity index (χ0) is 20.9. The van der Waals surface area contributed by atoms with Crippen molar-refractivity contribution in [1.29, 1.82) is 0 Å². The van der Waals surface area contributed by atoms with Crippen LogP contribution in [-0.2, 0) is 14.8 Å². The third-order valence-corrected chi connectivity index (χ3v) is 7.05. The van der Waals surface area contributed by atoms with E-state index in [0.29, 0.717) is 0 Å². The van der Waals surface area contributed by atoms with Gasteiger partial charge in [0, 0.05) is 22.3 Å². The molecule has 0 bridgehead atoms. The molecule has 3 aromatic rings. The Balaban J connectivity index is 1.62. The quantitative estimate of drug-likeness (QED) is 0.490. The Morgan fingerprint density at radius 1 is 1.07 bits per heavy atom. The van der Waals surface area contributed by atoms with Crippen LogP contribution in [0.2, 0.25) is 0 Å². The van der Waals surface area contributed by atoms with Crippen molar-refractivity contribution in [3.63, 3.8) is 0 Å². The molecule has 0 spiro atoms. The highest BCUT2D eigenvalue weighted by Crippen LogP contribution is 2.26. The SMILES string of the molecule is O=C(CCNS(=O)(=O)c1ccc(Br)cc1)NC(c1ccc(F)cc1)c1cccs1. The smallest absolute Gasteiger partial charge is 0.240 e. The van der Waals surface area contributed by atoms with Crippen LogP contribution >= 0.6 is 27.3 Å². The van der Waals surface area contributed by atoms with Crippen LogP contribution in [0, 0.1) is 5.82 Å². The number of hydrogen-bond donors (Lipinski definition) is 2. The summed E-state index contributed by atoms with van der Waals surface area (Å²) >= 11 is 4.73. The number of hydrogen-bond acceptors (Lipinski definition) is 4. The summed E-state index contributed by atoms with van der Waals surface area (Å²) in [7, 11) is -3.69. The maximum absolute atomic E-state index is 13.2. The minimum absolute atomic E-state index is 0.0289. The minimum Gasteiger partial charge on any atom is -0.344 e. The molecule has 0 aliphatic carbocycles. The number of amides is 1. The Labute approximate surface area is 181 Å². The summed E-state index contributed by atoms with van der Waals surface area (Å²) in [5, 5.41) is 4.79. The van der Waals surface area contributed by atoms with Crippen LogP contribution in [0.1, 0.15) is 22.9 Å². The third kappa shape index (κ3) is 5.96. The normalized spacial score (nSPS) is 12.5. The summed E-state index contributed by atoms with van der Waals surface area (Å²) in [5.74, 6) is -0.668. The first-order valence-corrected chi connectivity index (χ1v) is 11.8. The van der Waals surface area contributed by atoms with Crippen molar-refractivity contribution >= 4 is 43.2 Å². The molecule has 5 nitrogen and oxygen atoms in total. The Morgan fingerprint density at radius 3 is 2.38 bits per heavy atom. The summed E-state index contributed by atoms with van der Waals surface area (Å²) in [5.41, 5.74) is 0.748. The zero-order valence-electron chi connectivity index (χ0n) is 15.1. The Kier molecular flexibility index (Phi) is 7.18. The average molecular weight is 497 g/mol. The molecule has 0 fully saturated rings. The van der Waals surface area contributed by atoms with Gasteiger partial charge in [0.15, 0.2) is 0 Å². The molecule has 1 heterocycles. The number of thiophene rings is 1. The molecule has 9 heteroatoms. The summed E-state index contributed by atoms with van der Waals surface area (Å²) < 4.78 is 41.0. The van der Waals surface area contributed by atoms with Crippen molar-refractivity contribution in [2.75, 3.05) is 6.54 Å². The van der Waals surface area contributed by atoms with Gasteiger partial charge in [-0.05, 0) is 53.4 Å². The van der Waals surface area contributed by atoms with Gasteiger partial charge in [-0.1, -0.05) is 34.1 Å². The maximum atomic E-state index is 13.2. The Morgan fingerprint density at radius 2 is 1.76 bits per heavy atom. The molecule has 2 aromatic carbocycles. The number of nitrogens with one attached hydrogen (secondary N) is 2. The maximum Gasteiger partial charge on any atom is 0.240 e. The van der Waals surface area contributed by atoms with Gasteiger partial charge in [-0.2, -0.15) is 0 Å². The van der Waals surface area contributed by atoms with Crippen molar-refractivity contribution in [3.05, 3.63) is 86.8 Å². The molecular formula is C20H18BrFN2O3S2. The van der Waals surface area contributed by atoms with E-state index in [2.05, 4.69) is 26.0 Å². The van der Waals surface area contributed by atoms with E-state index in [1.807, 2.05) is 17.5 Å². The summed E-state index contributed by atoms with van der Waals surface area (Å²) in [6.45, 7) is -0.0369. The van der Waals surface area contributed by atoms with Crippen molar-refractivity contribution in [2.24, 2.45) is 0 Å². The fourth-order valence-electron chi connectivity index (χ4n) is 2.66. The summed E-state index contributed by atoms with van der Waals surface area (Å²) in [6, 6.07) is 15.5. The molecule has 0 radical (unpaired) electrons. The van der Waals surface area contributed by atoms with Crippen molar-refractivity contribution in [1.82, 2.24) is 10.0 Å². The minimum atomic E-state index is -3.69. The van der Waals surface area contributed by atoms with Crippen molar-refractivity contribution < 1.29 is 17.6 Å². The van der Waals surface area contributed by atoms with E-state index >= 15 is 0 Å². The second-order valence-corrected chi connectivity index (χ2v) is 9.83. The van der Waals surface area contributed by atoms with Crippen LogP contribution in [0.5, 0.6) is 0 Å². The predicted molar refractivity (Wildman–Crippen MR) is 115 cm³/mol. The van der Waals surface area contributed by atoms with E-state index < -0.39 is 16.1 Å². The first-order chi connectivity index (χ1) is 13.8. The average Bonchev–Trinajstić information content (AvgIpc) is 3.22. The van der Waals surface area contributed by atoms with Crippen LogP contribution in [0.25, 0.3) is 0 Å². The van der Waals surface area contributed by atoms with Gasteiger partial charge in [0.05, 0.1) is 10.9 Å². The highest BCUT2D eigenvalue weighted by atomic mass is 79.9. The van der Waals surface area contributed by atoms with Gasteiger partial charge < -0.3 is 5.32 Å². The lowest BCUT2D eigenvalue weighted by Crippen LogP contribution is -2.33. The molecule has 152 valence electrons. The lowest BCUT2D eigenvalue weighted by atomic mass is 10.1. The largest absolute Gasteiger partial charge is 0.344 e. The first-order valence-electron chi connectivity index (χ1n) is 8.68. The first kappa shape index (κ1) is 21.6. The monoisotopic (exact) mass is 496 g/mol. The van der Waals surface area contributed by atoms with Gasteiger partial charge in [0.25, 0.3) is 0 Å². The molecule has 1 aromatic heterocycles. The number of sulfonamides is 1. The molecule has 0 aliphatic heterocycles. The second-order valence-electron chi connectivity index (χ2n) is 6.17. The molecule has 0 saturated heterocycles. The third-order valence-electron chi connectivity index (χ3n) is 4.10. The van der Waals surface area contributed by atoms with Crippen LogP contribution in [0.15, 0.2) is 75.4 Å². The highest BCUT2D eigenvalue weighted by molar-refractivity contribution is 9.10. The van der Waals surface area contributed by atoms with Crippen LogP contribution < -0.4 is 10.0 Å². The molecule has 3 rings (SSSR count). The molecule has 1 amide bonds. The molecule has 0 aliphatic rings. The molecule has 1 atom stereocenters. The standard InChI is InChI=1S/C20H18BrFN2O3S2/c21-15-5-9-17(10-6-15)29(26,27)23-12-11-19(25)24-20(18-2-1-13-28-18)14-3-7-16(22)8-4-14/h1-10,13,20,23H,11-12H2,(H,24,25). The number of carbonyl (C=O) groups excluding carboxylic acids is 1. The van der Waals surface area contributed by atoms with E-state index in [-0.39, 0.29) is 29.6 Å². The van der Waals surface area contributed by atoms with E-state index in [0.717, 1.165) is 14.9 Å². The van der Waals surface area contributed by atoms with E-state index in [1.165, 1.54) is 35.6 Å². The second kappa shape index (κ2) is 9.62. The number of halogens is 2. The Bertz CT molecular complexity index is 1050. The fraction of sp³-hybridized carbons (Fsp3) is 0.150. The molecule has 0 saturated carbocycles. The predicted octanol–water partition coefficient (Wildman–Crippen LogP) is 4.22. The van der Waals surface area contributed by atoms with E-state index in [1.54, 1.807) is 24.3 Å². The topological polar surface area (TPSA) is 75.3 Å². The van der Waals surface area contributed by atoms with E-state index in [9.17, 15) is 17.6 Å². The number of benzene rings is 2. The molecule has 29 heavy (non-hydrogen) atoms. The van der Waals surface area contributed by atoms with Gasteiger partial charge in [-0.15, -0.1) is 11.3 Å². The summed E-state index contributed by atoms with van der Waals surface area (Å²) in [4.78, 5) is 13.5. The van der Waals surface area contributed by atoms with Crippen LogP contribution in [0.3, 0.4) is 0 Å². The summed E-state index contributed by atoms with van der Waals surface area (Å²) in [6.07, 6.45) is -0.0289. The van der Waals surface area contributed by atoms with Crippen molar-refractivity contribution in [3.8, 4) is 0 Å². The lowest BCUT2D eigenvalue weighted by Gasteiger charge is -2.18. The van der Waals surface area contributed by atoms with Crippen LogP contribution in [0.4, 0.5) is 4.39 Å². The molecule has 2 N–H and O–H groups in total. The highest BCUT2D eigenvalue weighted by Gasteiger charge is 2.19. The van der Waals surface area contributed by atoms with E-state index in [4.69, 9.17) is 0 Å². The van der Waals surface area contributed by atoms with Gasteiger partial charge in [0.1, 0.15) is 5.82 Å². The Hall–Kier alpha value is -2.07. The van der Waals surface area contributed by atoms with Gasteiger partial charge in [-0.25, -0.2) is 17.5 Å². The van der Waals surface area contributed by atoms with Gasteiger partial charge in [0.2, 0.25) is 15.9 Å². The fourth-order valence-corrected chi connectivity index (χ4v) is 4.76. The van der Waals surface area contributed by atoms with Gasteiger partial charge >= 0.3 is 0 Å². The zero-order valence-corrected chi connectivity index (χ0v) is 18.4. The lowest BCUT2D eigenvalue weighted by molar-refractivity contribution is -0.121. The van der Waals surface area contributed by atoms with Crippen molar-refractivity contribution in [2.45, 2.75) is 17.4 Å². The molecule has 1 unspecified atom stereocenters. The number of rotatable bonds is 8. The van der Waals surface area contributed by atoms with Crippen LogP contribution in [-0.4, -0.2) is 20.9 Å². The number of carbonyl (C=O) groups is 1.